The third-order valence-electron chi connectivity index (χ3n) is 5.82. The van der Waals surface area contributed by atoms with Gasteiger partial charge in [0.25, 0.3) is 0 Å². The van der Waals surface area contributed by atoms with Crippen LogP contribution in [-0.2, 0) is 17.9 Å². The van der Waals surface area contributed by atoms with E-state index in [0.29, 0.717) is 17.9 Å². The molecule has 2 aliphatic heterocycles. The molecule has 2 saturated heterocycles. The molecule has 4 rings (SSSR count). The lowest BCUT2D eigenvalue weighted by Crippen LogP contribution is -2.36. The van der Waals surface area contributed by atoms with Gasteiger partial charge in [0.15, 0.2) is 0 Å². The highest BCUT2D eigenvalue weighted by atomic mass is 16.5. The highest BCUT2D eigenvalue weighted by Gasteiger charge is 2.49. The number of pyridine rings is 1. The normalized spacial score (nSPS) is 26.9. The first-order valence-corrected chi connectivity index (χ1v) is 9.43. The number of aryl methyl sites for hydroxylation is 1. The van der Waals surface area contributed by atoms with Crippen LogP contribution in [0.2, 0.25) is 0 Å². The molecule has 0 aromatic carbocycles. The molecule has 2 aliphatic rings. The third-order valence-corrected chi connectivity index (χ3v) is 5.82. The van der Waals surface area contributed by atoms with Gasteiger partial charge >= 0.3 is 0 Å². The number of ether oxygens (including phenoxy) is 1. The van der Waals surface area contributed by atoms with E-state index in [-0.39, 0.29) is 0 Å². The highest BCUT2D eigenvalue weighted by molar-refractivity contribution is 5.08. The van der Waals surface area contributed by atoms with Crippen molar-refractivity contribution in [3.63, 3.8) is 0 Å². The second-order valence-corrected chi connectivity index (χ2v) is 8.02. The zero-order valence-corrected chi connectivity index (χ0v) is 15.7. The van der Waals surface area contributed by atoms with Gasteiger partial charge in [-0.15, -0.1) is 0 Å². The maximum atomic E-state index is 6.08. The summed E-state index contributed by atoms with van der Waals surface area (Å²) in [6.45, 7) is 8.80. The summed E-state index contributed by atoms with van der Waals surface area (Å²) < 4.78 is 11.3. The molecular formula is C20H28N4O2. The maximum absolute atomic E-state index is 6.08. The van der Waals surface area contributed by atoms with E-state index in [2.05, 4.69) is 33.1 Å². The molecule has 26 heavy (non-hydrogen) atoms. The molecule has 0 aliphatic carbocycles. The second-order valence-electron chi connectivity index (χ2n) is 8.02. The molecule has 0 unspecified atom stereocenters. The minimum atomic E-state index is 0.336. The molecule has 2 fully saturated rings. The van der Waals surface area contributed by atoms with Crippen LogP contribution in [-0.4, -0.2) is 59.8 Å². The van der Waals surface area contributed by atoms with Gasteiger partial charge in [-0.05, 0) is 38.6 Å². The number of hydrogen-bond donors (Lipinski definition) is 0. The summed E-state index contributed by atoms with van der Waals surface area (Å²) in [4.78, 5) is 9.14. The Labute approximate surface area is 155 Å². The number of hydrogen-bond acceptors (Lipinski definition) is 6. The van der Waals surface area contributed by atoms with Crippen LogP contribution in [0, 0.1) is 18.3 Å². The Kier molecular flexibility index (Phi) is 5.07. The van der Waals surface area contributed by atoms with Crippen LogP contribution in [0.5, 0.6) is 0 Å². The number of likely N-dealkylation sites (tertiary alicyclic amines) is 2. The van der Waals surface area contributed by atoms with Crippen molar-refractivity contribution < 1.29 is 9.26 Å². The average Bonchev–Trinajstić information content (AvgIpc) is 3.30. The van der Waals surface area contributed by atoms with E-state index < -0.39 is 0 Å². The SMILES string of the molecule is Cc1cc(CN2CC[C@]3(CN(C)C[C@H]3COCc3cccnc3)C2)no1. The summed E-state index contributed by atoms with van der Waals surface area (Å²) in [6, 6.07) is 6.07. The van der Waals surface area contributed by atoms with Crippen LogP contribution < -0.4 is 0 Å². The molecule has 0 bridgehead atoms. The van der Waals surface area contributed by atoms with Crippen molar-refractivity contribution in [2.24, 2.45) is 11.3 Å². The Morgan fingerprint density at radius 1 is 1.38 bits per heavy atom. The van der Waals surface area contributed by atoms with Crippen LogP contribution >= 0.6 is 0 Å². The standard InChI is InChI=1S/C20H28N4O2/c1-16-8-19(22-26-16)11-24-7-5-20(15-24)14-23(2)10-18(20)13-25-12-17-4-3-6-21-9-17/h3-4,6,8-9,18H,5,7,10-15H2,1-2H3/t18-,20-/m0/s1. The summed E-state index contributed by atoms with van der Waals surface area (Å²) in [5.74, 6) is 1.46. The first-order chi connectivity index (χ1) is 12.6. The van der Waals surface area contributed by atoms with Crippen molar-refractivity contribution in [1.82, 2.24) is 19.9 Å². The molecule has 2 aromatic heterocycles. The smallest absolute Gasteiger partial charge is 0.133 e. The van der Waals surface area contributed by atoms with Gasteiger partial charge in [0, 0.05) is 56.0 Å². The Bertz CT molecular complexity index is 720. The molecule has 0 amide bonds. The van der Waals surface area contributed by atoms with Gasteiger partial charge in [0.05, 0.1) is 18.9 Å². The zero-order chi connectivity index (χ0) is 18.0. The molecule has 6 nitrogen and oxygen atoms in total. The van der Waals surface area contributed by atoms with Crippen molar-refractivity contribution in [1.29, 1.82) is 0 Å². The molecule has 140 valence electrons. The van der Waals surface area contributed by atoms with Crippen molar-refractivity contribution >= 4 is 0 Å². The quantitative estimate of drug-likeness (QED) is 0.792. The summed E-state index contributed by atoms with van der Waals surface area (Å²) in [5.41, 5.74) is 2.51. The Morgan fingerprint density at radius 2 is 2.31 bits per heavy atom. The van der Waals surface area contributed by atoms with Crippen molar-refractivity contribution in [3.8, 4) is 0 Å². The van der Waals surface area contributed by atoms with E-state index in [1.54, 1.807) is 6.20 Å². The number of nitrogens with zero attached hydrogens (tertiary/aromatic N) is 4. The summed E-state index contributed by atoms with van der Waals surface area (Å²) in [5, 5.41) is 4.15. The predicted molar refractivity (Wildman–Crippen MR) is 98.4 cm³/mol. The fourth-order valence-corrected chi connectivity index (χ4v) is 4.64. The molecule has 1 spiro atoms. The van der Waals surface area contributed by atoms with Crippen LogP contribution in [0.25, 0.3) is 0 Å². The van der Waals surface area contributed by atoms with Crippen LogP contribution in [0.15, 0.2) is 35.1 Å². The van der Waals surface area contributed by atoms with Gasteiger partial charge < -0.3 is 14.2 Å². The fourth-order valence-electron chi connectivity index (χ4n) is 4.64. The van der Waals surface area contributed by atoms with E-state index in [0.717, 1.165) is 56.3 Å². The third kappa shape index (κ3) is 3.82. The highest BCUT2D eigenvalue weighted by Crippen LogP contribution is 2.43. The lowest BCUT2D eigenvalue weighted by molar-refractivity contribution is 0.0514. The molecule has 4 heterocycles. The number of aromatic nitrogens is 2. The second kappa shape index (κ2) is 7.47. The van der Waals surface area contributed by atoms with Crippen LogP contribution in [0.4, 0.5) is 0 Å². The van der Waals surface area contributed by atoms with Crippen molar-refractivity contribution in [2.75, 3.05) is 39.8 Å². The molecule has 0 radical (unpaired) electrons. The predicted octanol–water partition coefficient (Wildman–Crippen LogP) is 2.35. The average molecular weight is 356 g/mol. The molecule has 6 heteroatoms. The van der Waals surface area contributed by atoms with Gasteiger partial charge in [0.1, 0.15) is 5.76 Å². The molecule has 2 atom stereocenters. The van der Waals surface area contributed by atoms with Crippen LogP contribution in [0.1, 0.15) is 23.4 Å². The lowest BCUT2D eigenvalue weighted by atomic mass is 9.77. The first-order valence-electron chi connectivity index (χ1n) is 9.43. The van der Waals surface area contributed by atoms with Gasteiger partial charge in [-0.1, -0.05) is 11.2 Å². The Balaban J connectivity index is 1.35. The molecular weight excluding hydrogens is 328 g/mol. The molecule has 0 N–H and O–H groups in total. The molecule has 0 saturated carbocycles. The van der Waals surface area contributed by atoms with Gasteiger partial charge in [-0.3, -0.25) is 9.88 Å². The van der Waals surface area contributed by atoms with E-state index >= 15 is 0 Å². The molecule has 2 aromatic rings. The number of rotatable bonds is 6. The Hall–Kier alpha value is -1.76. The summed E-state index contributed by atoms with van der Waals surface area (Å²) in [7, 11) is 2.23. The van der Waals surface area contributed by atoms with E-state index in [1.165, 1.54) is 6.42 Å². The summed E-state index contributed by atoms with van der Waals surface area (Å²) >= 11 is 0. The van der Waals surface area contributed by atoms with Crippen molar-refractivity contribution in [2.45, 2.75) is 26.5 Å². The largest absolute Gasteiger partial charge is 0.376 e. The van der Waals surface area contributed by atoms with Gasteiger partial charge in [-0.25, -0.2) is 0 Å². The minimum Gasteiger partial charge on any atom is -0.376 e. The maximum Gasteiger partial charge on any atom is 0.133 e. The minimum absolute atomic E-state index is 0.336. The van der Waals surface area contributed by atoms with Gasteiger partial charge in [-0.2, -0.15) is 0 Å². The van der Waals surface area contributed by atoms with E-state index in [9.17, 15) is 0 Å². The first kappa shape index (κ1) is 17.6. The Morgan fingerprint density at radius 3 is 3.08 bits per heavy atom. The van der Waals surface area contributed by atoms with E-state index in [4.69, 9.17) is 9.26 Å². The van der Waals surface area contributed by atoms with Gasteiger partial charge in [0.2, 0.25) is 0 Å². The topological polar surface area (TPSA) is 54.6 Å². The monoisotopic (exact) mass is 356 g/mol. The summed E-state index contributed by atoms with van der Waals surface area (Å²) in [6.07, 6.45) is 4.91. The van der Waals surface area contributed by atoms with Crippen molar-refractivity contribution in [3.05, 3.63) is 47.6 Å². The fraction of sp³-hybridized carbons (Fsp3) is 0.600. The van der Waals surface area contributed by atoms with Crippen LogP contribution in [0.3, 0.4) is 0 Å². The zero-order valence-electron chi connectivity index (χ0n) is 15.7. The lowest BCUT2D eigenvalue weighted by Gasteiger charge is -2.30. The van der Waals surface area contributed by atoms with E-state index in [1.807, 2.05) is 25.3 Å².